The Morgan fingerprint density at radius 1 is 1.08 bits per heavy atom. The standard InChI is InChI=1S/C41H44FN5O4S/c1-26-19-33(38(44-22-26)46-24-41(25-46)13-17-51-18-14-41)35(48)4-2-3-27-5-7-28(8-6-27)40(50)47-16-12-29-20-36(39(49)45-31-11-15-43-23-31)52-37(29)32-10-9-30(42)21-34(32)47/h5-10,19-22,31,43H,2-4,11-18,23-25H2,1H3,(H,45,49). The molecule has 8 rings (SSSR count). The number of hydrogen-bond acceptors (Lipinski definition) is 8. The Bertz CT molecular complexity index is 1990. The van der Waals surface area contributed by atoms with Gasteiger partial charge in [0.2, 0.25) is 0 Å². The van der Waals surface area contributed by atoms with Gasteiger partial charge in [-0.15, -0.1) is 11.3 Å². The van der Waals surface area contributed by atoms with E-state index in [1.807, 2.05) is 49.5 Å². The van der Waals surface area contributed by atoms with Gasteiger partial charge in [0.15, 0.2) is 5.78 Å². The summed E-state index contributed by atoms with van der Waals surface area (Å²) in [6.07, 6.45) is 7.20. The molecule has 2 N–H and O–H groups in total. The van der Waals surface area contributed by atoms with E-state index in [1.54, 1.807) is 11.0 Å². The summed E-state index contributed by atoms with van der Waals surface area (Å²) in [6, 6.07) is 16.0. The zero-order valence-electron chi connectivity index (χ0n) is 29.5. The topological polar surface area (TPSA) is 104 Å². The average molecular weight is 722 g/mol. The molecule has 1 spiro atoms. The van der Waals surface area contributed by atoms with Gasteiger partial charge in [-0.05, 0) is 111 Å². The maximum atomic E-state index is 14.7. The summed E-state index contributed by atoms with van der Waals surface area (Å²) in [5, 5.41) is 6.38. The Morgan fingerprint density at radius 2 is 1.88 bits per heavy atom. The van der Waals surface area contributed by atoms with Gasteiger partial charge in [0, 0.05) is 79.5 Å². The van der Waals surface area contributed by atoms with Crippen molar-refractivity contribution in [2.45, 2.75) is 57.9 Å². The summed E-state index contributed by atoms with van der Waals surface area (Å²) < 4.78 is 20.2. The second-order valence-corrected chi connectivity index (χ2v) is 15.9. The Hall–Kier alpha value is -4.45. The van der Waals surface area contributed by atoms with E-state index in [1.165, 1.54) is 23.5 Å². The van der Waals surface area contributed by atoms with Gasteiger partial charge in [-0.3, -0.25) is 14.4 Å². The quantitative estimate of drug-likeness (QED) is 0.194. The summed E-state index contributed by atoms with van der Waals surface area (Å²) in [4.78, 5) is 50.6. The lowest BCUT2D eigenvalue weighted by molar-refractivity contribution is -0.000516. The van der Waals surface area contributed by atoms with Gasteiger partial charge in [0.25, 0.3) is 11.8 Å². The molecule has 4 aliphatic rings. The number of carbonyl (C=O) groups excluding carboxylic acids is 3. The van der Waals surface area contributed by atoms with Gasteiger partial charge in [-0.25, -0.2) is 9.37 Å². The summed E-state index contributed by atoms with van der Waals surface area (Å²) in [5.74, 6) is 0.173. The first kappa shape index (κ1) is 34.6. The number of nitrogens with one attached hydrogen (secondary N) is 2. The molecule has 2 aromatic carbocycles. The van der Waals surface area contributed by atoms with Gasteiger partial charge < -0.3 is 25.2 Å². The third-order valence-electron chi connectivity index (χ3n) is 11.1. The highest BCUT2D eigenvalue weighted by Crippen LogP contribution is 2.44. The number of anilines is 2. The van der Waals surface area contributed by atoms with E-state index in [-0.39, 0.29) is 29.1 Å². The highest BCUT2D eigenvalue weighted by atomic mass is 32.1. The summed E-state index contributed by atoms with van der Waals surface area (Å²) in [6.45, 7) is 7.44. The summed E-state index contributed by atoms with van der Waals surface area (Å²) in [5.41, 5.74) is 5.75. The molecule has 0 bridgehead atoms. The zero-order valence-corrected chi connectivity index (χ0v) is 30.3. The van der Waals surface area contributed by atoms with E-state index >= 15 is 0 Å². The van der Waals surface area contributed by atoms with Gasteiger partial charge in [0.1, 0.15) is 11.6 Å². The first-order chi connectivity index (χ1) is 25.2. The number of aromatic nitrogens is 1. The Kier molecular flexibility index (Phi) is 9.67. The predicted molar refractivity (Wildman–Crippen MR) is 201 cm³/mol. The van der Waals surface area contributed by atoms with Gasteiger partial charge in [-0.1, -0.05) is 12.1 Å². The van der Waals surface area contributed by atoms with Crippen LogP contribution in [-0.2, 0) is 17.6 Å². The lowest BCUT2D eigenvalue weighted by Gasteiger charge is -2.53. The van der Waals surface area contributed by atoms with Crippen LogP contribution < -0.4 is 20.4 Å². The van der Waals surface area contributed by atoms with Crippen LogP contribution in [0, 0.1) is 18.2 Å². The molecular weight excluding hydrogens is 678 g/mol. The van der Waals surface area contributed by atoms with Crippen molar-refractivity contribution in [2.24, 2.45) is 5.41 Å². The van der Waals surface area contributed by atoms with Crippen LogP contribution in [0.25, 0.3) is 10.4 Å². The predicted octanol–water partition coefficient (Wildman–Crippen LogP) is 6.37. The molecule has 4 aliphatic heterocycles. The van der Waals surface area contributed by atoms with Crippen molar-refractivity contribution >= 4 is 40.4 Å². The minimum absolute atomic E-state index is 0.0972. The molecule has 9 nitrogen and oxygen atoms in total. The fraction of sp³-hybridized carbons (Fsp3) is 0.415. The van der Waals surface area contributed by atoms with E-state index in [0.29, 0.717) is 53.9 Å². The number of nitrogens with zero attached hydrogens (tertiary/aromatic N) is 3. The van der Waals surface area contributed by atoms with Crippen LogP contribution in [0.4, 0.5) is 15.9 Å². The highest BCUT2D eigenvalue weighted by Gasteiger charge is 2.45. The molecule has 0 saturated carbocycles. The third-order valence-corrected chi connectivity index (χ3v) is 12.3. The van der Waals surface area contributed by atoms with Crippen LogP contribution in [0.2, 0.25) is 0 Å². The number of halogens is 1. The Morgan fingerprint density at radius 3 is 2.65 bits per heavy atom. The number of amides is 2. The number of benzene rings is 2. The van der Waals surface area contributed by atoms with Crippen molar-refractivity contribution in [3.8, 4) is 10.4 Å². The van der Waals surface area contributed by atoms with Gasteiger partial charge in [-0.2, -0.15) is 0 Å². The summed E-state index contributed by atoms with van der Waals surface area (Å²) >= 11 is 1.39. The molecule has 0 aliphatic carbocycles. The molecule has 2 amide bonds. The first-order valence-electron chi connectivity index (χ1n) is 18.4. The maximum Gasteiger partial charge on any atom is 0.261 e. The number of thiophene rings is 1. The number of rotatable bonds is 9. The normalized spacial score (nSPS) is 19.1. The highest BCUT2D eigenvalue weighted by molar-refractivity contribution is 7.17. The van der Waals surface area contributed by atoms with Crippen molar-refractivity contribution in [3.05, 3.63) is 99.3 Å². The minimum atomic E-state index is -0.421. The van der Waals surface area contributed by atoms with Crippen LogP contribution >= 0.6 is 11.3 Å². The van der Waals surface area contributed by atoms with E-state index in [2.05, 4.69) is 15.5 Å². The molecule has 52 heavy (non-hydrogen) atoms. The fourth-order valence-electron chi connectivity index (χ4n) is 8.08. The lowest BCUT2D eigenvalue weighted by atomic mass is 9.73. The van der Waals surface area contributed by atoms with E-state index < -0.39 is 5.82 Å². The summed E-state index contributed by atoms with van der Waals surface area (Å²) in [7, 11) is 0. The Balaban J connectivity index is 0.912. The number of ether oxygens (including phenoxy) is 1. The smallest absolute Gasteiger partial charge is 0.261 e. The zero-order chi connectivity index (χ0) is 35.8. The van der Waals surface area contributed by atoms with E-state index in [0.717, 1.165) is 91.6 Å². The second kappa shape index (κ2) is 14.5. The molecule has 6 heterocycles. The van der Waals surface area contributed by atoms with E-state index in [4.69, 9.17) is 9.72 Å². The van der Waals surface area contributed by atoms with Crippen LogP contribution in [0.3, 0.4) is 0 Å². The number of fused-ring (bicyclic) bond motifs is 3. The monoisotopic (exact) mass is 721 g/mol. The fourth-order valence-corrected chi connectivity index (χ4v) is 9.23. The average Bonchev–Trinajstić information content (AvgIpc) is 3.79. The maximum absolute atomic E-state index is 14.7. The number of pyridine rings is 1. The number of aryl methyl sites for hydroxylation is 2. The Labute approximate surface area is 307 Å². The second-order valence-electron chi connectivity index (χ2n) is 14.8. The van der Waals surface area contributed by atoms with E-state index in [9.17, 15) is 18.8 Å². The molecule has 0 radical (unpaired) electrons. The molecule has 1 unspecified atom stereocenters. The van der Waals surface area contributed by atoms with Crippen molar-refractivity contribution in [3.63, 3.8) is 0 Å². The van der Waals surface area contributed by atoms with Crippen LogP contribution in [0.5, 0.6) is 0 Å². The molecule has 3 saturated heterocycles. The molecule has 3 fully saturated rings. The van der Waals surface area contributed by atoms with Crippen molar-refractivity contribution in [1.29, 1.82) is 0 Å². The molecule has 1 atom stereocenters. The van der Waals surface area contributed by atoms with Gasteiger partial charge in [0.05, 0.1) is 16.1 Å². The third kappa shape index (κ3) is 7.01. The molecular formula is C41H44FN5O4S. The molecule has 11 heteroatoms. The number of Topliss-reactive ketones (excluding diaryl/α,β-unsaturated/α-hetero) is 1. The molecule has 4 aromatic rings. The van der Waals surface area contributed by atoms with Crippen LogP contribution in [0.1, 0.15) is 79.2 Å². The number of carbonyl (C=O) groups is 3. The van der Waals surface area contributed by atoms with Crippen molar-refractivity contribution in [1.82, 2.24) is 15.6 Å². The van der Waals surface area contributed by atoms with Crippen LogP contribution in [-0.4, -0.2) is 74.6 Å². The molecule has 2 aromatic heterocycles. The van der Waals surface area contributed by atoms with Crippen LogP contribution in [0.15, 0.2) is 60.8 Å². The van der Waals surface area contributed by atoms with Crippen molar-refractivity contribution < 1.29 is 23.5 Å². The first-order valence-corrected chi connectivity index (χ1v) is 19.2. The van der Waals surface area contributed by atoms with Crippen molar-refractivity contribution in [2.75, 3.05) is 55.7 Å². The molecule has 270 valence electrons. The number of ketones is 1. The van der Waals surface area contributed by atoms with Gasteiger partial charge >= 0.3 is 0 Å². The number of hydrogen-bond donors (Lipinski definition) is 2. The minimum Gasteiger partial charge on any atom is -0.381 e. The largest absolute Gasteiger partial charge is 0.381 e. The lowest BCUT2D eigenvalue weighted by Crippen LogP contribution is -2.59. The SMILES string of the molecule is Cc1cnc(N2CC3(CCOCC3)C2)c(C(=O)CCCc2ccc(C(=O)N3CCc4cc(C(=O)NC5CCNC5)sc4-c4ccc(F)cc43)cc2)c1.